The fourth-order valence-corrected chi connectivity index (χ4v) is 2.47. The topological polar surface area (TPSA) is 58.6 Å². The van der Waals surface area contributed by atoms with Crippen molar-refractivity contribution in [2.75, 3.05) is 13.2 Å². The van der Waals surface area contributed by atoms with Crippen molar-refractivity contribution in [2.45, 2.75) is 72.1 Å². The molecule has 1 heterocycles. The molecule has 0 saturated carbocycles. The Kier molecular flexibility index (Phi) is 6.20. The first kappa shape index (κ1) is 18.0. The molecule has 1 saturated heterocycles. The molecule has 0 aromatic heterocycles. The van der Waals surface area contributed by atoms with E-state index in [1.165, 1.54) is 0 Å². The van der Waals surface area contributed by atoms with Crippen molar-refractivity contribution in [1.29, 1.82) is 0 Å². The van der Waals surface area contributed by atoms with Crippen LogP contribution in [-0.4, -0.2) is 47.6 Å². The number of amides is 2. The maximum absolute atomic E-state index is 12.7. The highest BCUT2D eigenvalue weighted by molar-refractivity contribution is 5.90. The van der Waals surface area contributed by atoms with E-state index >= 15 is 0 Å². The van der Waals surface area contributed by atoms with Crippen molar-refractivity contribution in [3.63, 3.8) is 0 Å². The van der Waals surface area contributed by atoms with Gasteiger partial charge in [0, 0.05) is 19.0 Å². The van der Waals surface area contributed by atoms with Gasteiger partial charge in [-0.15, -0.1) is 0 Å². The molecule has 1 aliphatic heterocycles. The van der Waals surface area contributed by atoms with Gasteiger partial charge in [-0.05, 0) is 33.6 Å². The third-order valence-corrected chi connectivity index (χ3v) is 3.96. The van der Waals surface area contributed by atoms with Gasteiger partial charge in [-0.2, -0.15) is 0 Å². The minimum Gasteiger partial charge on any atom is -0.374 e. The second kappa shape index (κ2) is 7.25. The quantitative estimate of drug-likeness (QED) is 0.844. The van der Waals surface area contributed by atoms with Crippen LogP contribution in [0.2, 0.25) is 0 Å². The molecule has 0 aromatic rings. The van der Waals surface area contributed by atoms with E-state index in [1.807, 2.05) is 41.5 Å². The lowest BCUT2D eigenvalue weighted by Crippen LogP contribution is -2.50. The second-order valence-corrected chi connectivity index (χ2v) is 6.98. The lowest BCUT2D eigenvalue weighted by molar-refractivity contribution is -0.137. The third-order valence-electron chi connectivity index (χ3n) is 3.96. The SMILES string of the molecule is CCC(C)C1NC(=O)CC(C)N(CCOC(C)(C)C)C1=O. The van der Waals surface area contributed by atoms with E-state index in [9.17, 15) is 9.59 Å². The molecule has 1 rings (SSSR count). The van der Waals surface area contributed by atoms with E-state index in [0.29, 0.717) is 19.6 Å². The first-order chi connectivity index (χ1) is 9.65. The van der Waals surface area contributed by atoms with Gasteiger partial charge in [0.1, 0.15) is 6.04 Å². The summed E-state index contributed by atoms with van der Waals surface area (Å²) in [7, 11) is 0. The third kappa shape index (κ3) is 5.30. The predicted molar refractivity (Wildman–Crippen MR) is 82.9 cm³/mol. The summed E-state index contributed by atoms with van der Waals surface area (Å²) in [5, 5.41) is 2.88. The highest BCUT2D eigenvalue weighted by Crippen LogP contribution is 2.18. The summed E-state index contributed by atoms with van der Waals surface area (Å²) in [5.41, 5.74) is -0.220. The molecule has 0 aromatic carbocycles. The summed E-state index contributed by atoms with van der Waals surface area (Å²) in [6, 6.07) is -0.503. The van der Waals surface area contributed by atoms with E-state index in [0.717, 1.165) is 6.42 Å². The number of hydrogen-bond donors (Lipinski definition) is 1. The van der Waals surface area contributed by atoms with Crippen LogP contribution in [0.5, 0.6) is 0 Å². The van der Waals surface area contributed by atoms with Crippen molar-refractivity contribution >= 4 is 11.8 Å². The molecular weight excluding hydrogens is 268 g/mol. The molecule has 3 atom stereocenters. The summed E-state index contributed by atoms with van der Waals surface area (Å²) in [4.78, 5) is 26.4. The lowest BCUT2D eigenvalue weighted by Gasteiger charge is -2.31. The molecule has 0 radical (unpaired) electrons. The number of rotatable bonds is 5. The van der Waals surface area contributed by atoms with Crippen LogP contribution in [0.3, 0.4) is 0 Å². The van der Waals surface area contributed by atoms with Gasteiger partial charge in [0.05, 0.1) is 12.2 Å². The molecule has 2 amide bonds. The molecule has 1 aliphatic rings. The van der Waals surface area contributed by atoms with Crippen LogP contribution in [0.25, 0.3) is 0 Å². The molecule has 0 aliphatic carbocycles. The van der Waals surface area contributed by atoms with Crippen LogP contribution < -0.4 is 5.32 Å². The summed E-state index contributed by atoms with van der Waals surface area (Å²) in [5.74, 6) is 0.110. The summed E-state index contributed by atoms with van der Waals surface area (Å²) >= 11 is 0. The minimum atomic E-state index is -0.415. The Balaban J connectivity index is 2.78. The molecule has 1 N–H and O–H groups in total. The summed E-state index contributed by atoms with van der Waals surface area (Å²) in [6.45, 7) is 13.0. The van der Waals surface area contributed by atoms with Crippen LogP contribution in [-0.2, 0) is 14.3 Å². The zero-order valence-electron chi connectivity index (χ0n) is 14.2. The van der Waals surface area contributed by atoms with Gasteiger partial charge in [0.25, 0.3) is 0 Å². The molecule has 5 nitrogen and oxygen atoms in total. The first-order valence-corrected chi connectivity index (χ1v) is 7.89. The Bertz CT molecular complexity index is 376. The smallest absolute Gasteiger partial charge is 0.245 e. The van der Waals surface area contributed by atoms with Crippen molar-refractivity contribution in [2.24, 2.45) is 5.92 Å². The number of carbonyl (C=O) groups is 2. The zero-order valence-corrected chi connectivity index (χ0v) is 14.2. The fraction of sp³-hybridized carbons (Fsp3) is 0.875. The van der Waals surface area contributed by atoms with Gasteiger partial charge in [-0.25, -0.2) is 0 Å². The molecule has 0 spiro atoms. The maximum Gasteiger partial charge on any atom is 0.245 e. The summed E-state index contributed by atoms with van der Waals surface area (Å²) in [6.07, 6.45) is 1.21. The standard InChI is InChI=1S/C16H30N2O3/c1-7-11(2)14-15(20)18(8-9-21-16(4,5)6)12(3)10-13(19)17-14/h11-12,14H,7-10H2,1-6H3,(H,17,19). The van der Waals surface area contributed by atoms with E-state index < -0.39 is 6.04 Å². The van der Waals surface area contributed by atoms with Crippen LogP contribution in [0.1, 0.15) is 54.4 Å². The monoisotopic (exact) mass is 298 g/mol. The number of hydrogen-bond acceptors (Lipinski definition) is 3. The molecule has 0 bridgehead atoms. The van der Waals surface area contributed by atoms with Gasteiger partial charge in [-0.3, -0.25) is 9.59 Å². The van der Waals surface area contributed by atoms with Crippen molar-refractivity contribution in [3.05, 3.63) is 0 Å². The van der Waals surface area contributed by atoms with Gasteiger partial charge in [0.2, 0.25) is 11.8 Å². The second-order valence-electron chi connectivity index (χ2n) is 6.98. The van der Waals surface area contributed by atoms with Crippen LogP contribution in [0.4, 0.5) is 0 Å². The van der Waals surface area contributed by atoms with Crippen molar-refractivity contribution in [1.82, 2.24) is 10.2 Å². The Hall–Kier alpha value is -1.10. The molecule has 5 heteroatoms. The predicted octanol–water partition coefficient (Wildman–Crippen LogP) is 1.95. The molecule has 122 valence electrons. The highest BCUT2D eigenvalue weighted by atomic mass is 16.5. The Morgan fingerprint density at radius 3 is 2.52 bits per heavy atom. The molecule has 3 unspecified atom stereocenters. The average Bonchev–Trinajstić information content (AvgIpc) is 2.47. The Morgan fingerprint density at radius 2 is 2.00 bits per heavy atom. The van der Waals surface area contributed by atoms with E-state index in [1.54, 1.807) is 4.90 Å². The molecule has 1 fully saturated rings. The Morgan fingerprint density at radius 1 is 1.38 bits per heavy atom. The van der Waals surface area contributed by atoms with Gasteiger partial charge < -0.3 is 15.0 Å². The van der Waals surface area contributed by atoms with E-state index in [2.05, 4.69) is 5.32 Å². The largest absolute Gasteiger partial charge is 0.374 e. The Labute approximate surface area is 128 Å². The number of carbonyl (C=O) groups excluding carboxylic acids is 2. The van der Waals surface area contributed by atoms with Crippen LogP contribution >= 0.6 is 0 Å². The van der Waals surface area contributed by atoms with Crippen LogP contribution in [0, 0.1) is 5.92 Å². The molecular formula is C16H30N2O3. The van der Waals surface area contributed by atoms with Crippen molar-refractivity contribution in [3.8, 4) is 0 Å². The van der Waals surface area contributed by atoms with Crippen molar-refractivity contribution < 1.29 is 14.3 Å². The van der Waals surface area contributed by atoms with Gasteiger partial charge in [-0.1, -0.05) is 20.3 Å². The van der Waals surface area contributed by atoms with Crippen LogP contribution in [0.15, 0.2) is 0 Å². The number of nitrogens with zero attached hydrogens (tertiary/aromatic N) is 1. The fourth-order valence-electron chi connectivity index (χ4n) is 2.47. The number of nitrogens with one attached hydrogen (secondary N) is 1. The maximum atomic E-state index is 12.7. The van der Waals surface area contributed by atoms with E-state index in [-0.39, 0.29) is 29.4 Å². The van der Waals surface area contributed by atoms with E-state index in [4.69, 9.17) is 4.74 Å². The highest BCUT2D eigenvalue weighted by Gasteiger charge is 2.36. The van der Waals surface area contributed by atoms with Gasteiger partial charge >= 0.3 is 0 Å². The summed E-state index contributed by atoms with van der Waals surface area (Å²) < 4.78 is 5.72. The number of ether oxygens (including phenoxy) is 1. The minimum absolute atomic E-state index is 0.0141. The average molecular weight is 298 g/mol. The first-order valence-electron chi connectivity index (χ1n) is 7.89. The molecule has 21 heavy (non-hydrogen) atoms. The van der Waals surface area contributed by atoms with Gasteiger partial charge in [0.15, 0.2) is 0 Å². The lowest BCUT2D eigenvalue weighted by atomic mass is 9.98. The normalized spacial score (nSPS) is 25.5. The zero-order chi connectivity index (χ0) is 16.2.